The minimum absolute atomic E-state index is 0.0275. The van der Waals surface area contributed by atoms with Crippen molar-refractivity contribution in [1.29, 1.82) is 0 Å². The Kier molecular flexibility index (Phi) is 5.92. The van der Waals surface area contributed by atoms with Gasteiger partial charge in [-0.25, -0.2) is 9.67 Å². The van der Waals surface area contributed by atoms with E-state index >= 15 is 0 Å². The van der Waals surface area contributed by atoms with Crippen molar-refractivity contribution in [3.63, 3.8) is 0 Å². The third-order valence-electron chi connectivity index (χ3n) is 6.82. The Morgan fingerprint density at radius 1 is 1.06 bits per heavy atom. The number of hydrogen-bond acceptors (Lipinski definition) is 4. The van der Waals surface area contributed by atoms with Crippen molar-refractivity contribution in [3.05, 3.63) is 45.7 Å². The molecule has 1 aliphatic heterocycles. The monoisotopic (exact) mass is 605 g/mol. The van der Waals surface area contributed by atoms with Crippen LogP contribution in [0.2, 0.25) is 0 Å². The van der Waals surface area contributed by atoms with Gasteiger partial charge in [-0.3, -0.25) is 4.79 Å². The molecule has 2 aliphatic rings. The number of pyridine rings is 1. The molecule has 0 atom stereocenters. The van der Waals surface area contributed by atoms with E-state index in [4.69, 9.17) is 0 Å². The largest absolute Gasteiger partial charge is 0.455 e. The highest BCUT2D eigenvalue weighted by molar-refractivity contribution is 14.1. The summed E-state index contributed by atoms with van der Waals surface area (Å²) >= 11 is 2.19. The lowest BCUT2D eigenvalue weighted by atomic mass is 9.93. The maximum Gasteiger partial charge on any atom is 0.455 e. The van der Waals surface area contributed by atoms with Crippen molar-refractivity contribution in [2.75, 3.05) is 23.3 Å². The van der Waals surface area contributed by atoms with Crippen LogP contribution in [-0.2, 0) is 6.54 Å². The average molecular weight is 605 g/mol. The van der Waals surface area contributed by atoms with Crippen LogP contribution in [0.25, 0.3) is 11.0 Å². The lowest BCUT2D eigenvalue weighted by molar-refractivity contribution is -0.287. The zero-order chi connectivity index (χ0) is 25.0. The Morgan fingerprint density at radius 2 is 1.77 bits per heavy atom. The van der Waals surface area contributed by atoms with Gasteiger partial charge in [0.05, 0.1) is 17.4 Å². The molecular formula is C23H21F5IN5O. The molecular weight excluding hydrogens is 584 g/mol. The highest BCUT2D eigenvalue weighted by Crippen LogP contribution is 2.54. The first-order valence-electron chi connectivity index (χ1n) is 11.1. The van der Waals surface area contributed by atoms with Crippen LogP contribution in [0.4, 0.5) is 33.5 Å². The molecule has 1 N–H and O–H groups in total. The molecule has 1 amide bonds. The number of carbonyl (C=O) groups excluding carboxylic acids is 1. The number of benzene rings is 1. The van der Waals surface area contributed by atoms with Gasteiger partial charge in [0.25, 0.3) is 5.91 Å². The third-order valence-corrected chi connectivity index (χ3v) is 7.49. The van der Waals surface area contributed by atoms with Crippen molar-refractivity contribution < 1.29 is 26.7 Å². The summed E-state index contributed by atoms with van der Waals surface area (Å²) in [7, 11) is 0. The molecule has 35 heavy (non-hydrogen) atoms. The number of carbonyl (C=O) groups is 1. The standard InChI is InChI=1S/C23H21F5IN5O/c24-22(25,23(26,27)28)13-34-19-14(12-30-34)1-4-18(31-19)32-20(35)16-3-2-15(29)11-17(16)33-9-7-21(5-6-21)8-10-33/h1-4,11-12H,5-10,13H2,(H,31,32,35). The summed E-state index contributed by atoms with van der Waals surface area (Å²) in [6.07, 6.45) is 0.140. The van der Waals surface area contributed by atoms with Crippen LogP contribution in [0.1, 0.15) is 36.0 Å². The van der Waals surface area contributed by atoms with Crippen molar-refractivity contribution in [1.82, 2.24) is 14.8 Å². The molecule has 1 aliphatic carbocycles. The van der Waals surface area contributed by atoms with Gasteiger partial charge in [-0.1, -0.05) is 0 Å². The fraction of sp³-hybridized carbons (Fsp3) is 0.435. The third kappa shape index (κ3) is 4.81. The van der Waals surface area contributed by atoms with Crippen molar-refractivity contribution in [2.24, 2.45) is 5.41 Å². The number of aromatic nitrogens is 3. The second-order valence-electron chi connectivity index (χ2n) is 9.22. The lowest BCUT2D eigenvalue weighted by Crippen LogP contribution is -2.40. The first-order chi connectivity index (χ1) is 16.5. The summed E-state index contributed by atoms with van der Waals surface area (Å²) in [5.41, 5.74) is 1.55. The molecule has 1 saturated carbocycles. The molecule has 6 nitrogen and oxygen atoms in total. The zero-order valence-corrected chi connectivity index (χ0v) is 20.5. The van der Waals surface area contributed by atoms with E-state index < -0.39 is 24.6 Å². The van der Waals surface area contributed by atoms with E-state index in [2.05, 4.69) is 42.9 Å². The van der Waals surface area contributed by atoms with Crippen LogP contribution < -0.4 is 10.2 Å². The molecule has 0 unspecified atom stereocenters. The van der Waals surface area contributed by atoms with E-state index in [1.807, 2.05) is 12.1 Å². The molecule has 5 rings (SSSR count). The van der Waals surface area contributed by atoms with Crippen molar-refractivity contribution in [2.45, 2.75) is 44.3 Å². The van der Waals surface area contributed by atoms with Crippen LogP contribution >= 0.6 is 22.6 Å². The first kappa shape index (κ1) is 24.2. The predicted molar refractivity (Wildman–Crippen MR) is 129 cm³/mol. The minimum Gasteiger partial charge on any atom is -0.371 e. The molecule has 3 heterocycles. The molecule has 1 spiro atoms. The van der Waals surface area contributed by atoms with Crippen LogP contribution in [0.15, 0.2) is 36.5 Å². The normalized spacial score (nSPS) is 17.7. The number of nitrogens with one attached hydrogen (secondary N) is 1. The number of amides is 1. The maximum absolute atomic E-state index is 13.6. The van der Waals surface area contributed by atoms with E-state index in [0.29, 0.717) is 15.7 Å². The second-order valence-corrected chi connectivity index (χ2v) is 10.5. The molecule has 2 aromatic heterocycles. The summed E-state index contributed by atoms with van der Waals surface area (Å²) in [5, 5.41) is 6.56. The summed E-state index contributed by atoms with van der Waals surface area (Å²) in [5.74, 6) is -5.39. The number of hydrogen-bond donors (Lipinski definition) is 1. The fourth-order valence-electron chi connectivity index (χ4n) is 4.46. The molecule has 186 valence electrons. The van der Waals surface area contributed by atoms with Crippen molar-refractivity contribution >= 4 is 51.0 Å². The fourth-order valence-corrected chi connectivity index (χ4v) is 4.93. The number of piperidine rings is 1. The maximum atomic E-state index is 13.6. The van der Waals surface area contributed by atoms with E-state index in [9.17, 15) is 26.7 Å². The minimum atomic E-state index is -5.72. The Hall–Kier alpha value is -2.51. The van der Waals surface area contributed by atoms with Gasteiger partial charge >= 0.3 is 12.1 Å². The number of halogens is 6. The van der Waals surface area contributed by atoms with Gasteiger partial charge in [-0.15, -0.1) is 0 Å². The van der Waals surface area contributed by atoms with Gasteiger partial charge in [0.1, 0.15) is 12.4 Å². The summed E-state index contributed by atoms with van der Waals surface area (Å²) in [6, 6.07) is 8.40. The van der Waals surface area contributed by atoms with Crippen LogP contribution in [-0.4, -0.2) is 45.9 Å². The van der Waals surface area contributed by atoms with Gasteiger partial charge in [0, 0.05) is 22.0 Å². The summed E-state index contributed by atoms with van der Waals surface area (Å²) in [4.78, 5) is 19.5. The van der Waals surface area contributed by atoms with E-state index in [1.54, 1.807) is 6.07 Å². The number of fused-ring (bicyclic) bond motifs is 1. The van der Waals surface area contributed by atoms with Crippen LogP contribution in [0.5, 0.6) is 0 Å². The number of rotatable bonds is 5. The quantitative estimate of drug-likeness (QED) is 0.292. The first-order valence-corrected chi connectivity index (χ1v) is 12.2. The van der Waals surface area contributed by atoms with Crippen molar-refractivity contribution in [3.8, 4) is 0 Å². The van der Waals surface area contributed by atoms with Gasteiger partial charge in [0.2, 0.25) is 0 Å². The smallest absolute Gasteiger partial charge is 0.371 e. The summed E-state index contributed by atoms with van der Waals surface area (Å²) in [6.45, 7) is 0.0104. The van der Waals surface area contributed by atoms with Gasteiger partial charge < -0.3 is 10.2 Å². The lowest BCUT2D eigenvalue weighted by Gasteiger charge is -2.35. The molecule has 12 heteroatoms. The number of anilines is 2. The van der Waals surface area contributed by atoms with Gasteiger partial charge in [-0.05, 0) is 84.0 Å². The zero-order valence-electron chi connectivity index (χ0n) is 18.4. The molecule has 1 saturated heterocycles. The Morgan fingerprint density at radius 3 is 2.43 bits per heavy atom. The second kappa shape index (κ2) is 8.56. The molecule has 0 radical (unpaired) electrons. The van der Waals surface area contributed by atoms with Gasteiger partial charge in [-0.2, -0.15) is 27.1 Å². The highest BCUT2D eigenvalue weighted by Gasteiger charge is 2.58. The summed E-state index contributed by atoms with van der Waals surface area (Å²) < 4.78 is 66.6. The van der Waals surface area contributed by atoms with E-state index in [0.717, 1.165) is 41.4 Å². The SMILES string of the molecule is O=C(Nc1ccc2cnn(CC(F)(F)C(F)(F)F)c2n1)c1ccc(I)cc1N1CCC2(CC1)CC2. The van der Waals surface area contributed by atoms with Crippen LogP contribution in [0, 0.1) is 8.99 Å². The topological polar surface area (TPSA) is 63.1 Å². The molecule has 2 fully saturated rings. The number of alkyl halides is 5. The Balaban J connectivity index is 1.38. The van der Waals surface area contributed by atoms with E-state index in [1.165, 1.54) is 25.0 Å². The Bertz CT molecular complexity index is 1280. The Labute approximate surface area is 211 Å². The molecule has 3 aromatic rings. The average Bonchev–Trinajstić information content (AvgIpc) is 3.44. The highest BCUT2D eigenvalue weighted by atomic mass is 127. The van der Waals surface area contributed by atoms with Crippen LogP contribution in [0.3, 0.4) is 0 Å². The number of nitrogens with zero attached hydrogens (tertiary/aromatic N) is 4. The molecule has 1 aromatic carbocycles. The van der Waals surface area contributed by atoms with Gasteiger partial charge in [0.15, 0.2) is 5.65 Å². The molecule has 0 bridgehead atoms. The predicted octanol–water partition coefficient (Wildman–Crippen LogP) is 5.87. The van der Waals surface area contributed by atoms with E-state index in [-0.39, 0.29) is 16.9 Å².